The normalized spacial score (nSPS) is 17.0. The fourth-order valence-corrected chi connectivity index (χ4v) is 3.02. The van der Waals surface area contributed by atoms with Crippen LogP contribution in [0.15, 0.2) is 27.9 Å². The van der Waals surface area contributed by atoms with Crippen LogP contribution in [0.3, 0.4) is 0 Å². The molecule has 7 nitrogen and oxygen atoms in total. The second-order valence-corrected chi connectivity index (χ2v) is 7.20. The number of hydrogen-bond donors (Lipinski definition) is 3. The zero-order chi connectivity index (χ0) is 19.4. The molecule has 1 unspecified atom stereocenters. The number of esters is 1. The summed E-state index contributed by atoms with van der Waals surface area (Å²) in [7, 11) is 0. The van der Waals surface area contributed by atoms with Crippen LogP contribution >= 0.6 is 15.9 Å². The number of rotatable bonds is 6. The first-order valence-electron chi connectivity index (χ1n) is 8.35. The highest BCUT2D eigenvalue weighted by molar-refractivity contribution is 9.10. The lowest BCUT2D eigenvalue weighted by Gasteiger charge is -2.28. The van der Waals surface area contributed by atoms with Crippen molar-refractivity contribution in [2.45, 2.75) is 33.7 Å². The largest absolute Gasteiger partial charge is 0.503 e. The lowest BCUT2D eigenvalue weighted by molar-refractivity contribution is -0.140. The van der Waals surface area contributed by atoms with Crippen molar-refractivity contribution in [3.63, 3.8) is 0 Å². The summed E-state index contributed by atoms with van der Waals surface area (Å²) in [4.78, 5) is 24.6. The van der Waals surface area contributed by atoms with Gasteiger partial charge in [0.2, 0.25) is 0 Å². The van der Waals surface area contributed by atoms with Gasteiger partial charge in [-0.15, -0.1) is 0 Å². The number of phenolic OH excluding ortho intramolecular Hbond substituents is 1. The minimum atomic E-state index is -0.723. The van der Waals surface area contributed by atoms with Gasteiger partial charge in [0, 0.05) is 5.70 Å². The fourth-order valence-electron chi connectivity index (χ4n) is 2.56. The van der Waals surface area contributed by atoms with E-state index in [0.29, 0.717) is 27.9 Å². The Balaban J connectivity index is 2.45. The van der Waals surface area contributed by atoms with Crippen molar-refractivity contribution in [1.82, 2.24) is 10.6 Å². The highest BCUT2D eigenvalue weighted by Gasteiger charge is 2.33. The maximum absolute atomic E-state index is 12.6. The molecule has 0 aliphatic carbocycles. The van der Waals surface area contributed by atoms with E-state index in [9.17, 15) is 14.7 Å². The molecule has 0 saturated carbocycles. The molecule has 1 atom stereocenters. The third-order valence-corrected chi connectivity index (χ3v) is 4.33. The second kappa shape index (κ2) is 8.44. The van der Waals surface area contributed by atoms with Crippen LogP contribution in [0.25, 0.3) is 0 Å². The quantitative estimate of drug-likeness (QED) is 0.605. The van der Waals surface area contributed by atoms with Crippen molar-refractivity contribution < 1.29 is 24.2 Å². The third kappa shape index (κ3) is 4.49. The Morgan fingerprint density at radius 1 is 1.38 bits per heavy atom. The number of urea groups is 1. The number of ether oxygens (including phenoxy) is 2. The number of benzene rings is 1. The molecule has 3 N–H and O–H groups in total. The lowest BCUT2D eigenvalue weighted by Crippen LogP contribution is -2.45. The Morgan fingerprint density at radius 2 is 2.08 bits per heavy atom. The molecule has 2 amide bonds. The number of amides is 2. The molecule has 1 aromatic rings. The Bertz CT molecular complexity index is 745. The molecule has 26 heavy (non-hydrogen) atoms. The van der Waals surface area contributed by atoms with Crippen molar-refractivity contribution in [2.75, 3.05) is 13.2 Å². The van der Waals surface area contributed by atoms with Crippen molar-refractivity contribution in [3.8, 4) is 11.5 Å². The van der Waals surface area contributed by atoms with Crippen LogP contribution in [0.2, 0.25) is 0 Å². The molecule has 1 aromatic carbocycles. The number of carbonyl (C=O) groups is 2. The number of phenols is 1. The topological polar surface area (TPSA) is 96.9 Å². The van der Waals surface area contributed by atoms with Gasteiger partial charge in [0.05, 0.1) is 29.3 Å². The molecule has 0 aromatic heterocycles. The number of carbonyl (C=O) groups excluding carboxylic acids is 2. The van der Waals surface area contributed by atoms with Gasteiger partial charge >= 0.3 is 12.0 Å². The molecular formula is C18H23BrN2O5. The monoisotopic (exact) mass is 426 g/mol. The van der Waals surface area contributed by atoms with Crippen LogP contribution < -0.4 is 15.4 Å². The third-order valence-electron chi connectivity index (χ3n) is 3.72. The minimum Gasteiger partial charge on any atom is -0.503 e. The first-order chi connectivity index (χ1) is 12.2. The molecule has 0 bridgehead atoms. The van der Waals surface area contributed by atoms with Gasteiger partial charge in [-0.05, 0) is 53.4 Å². The molecule has 0 spiro atoms. The average Bonchev–Trinajstić information content (AvgIpc) is 2.56. The molecule has 0 fully saturated rings. The van der Waals surface area contributed by atoms with E-state index < -0.39 is 18.0 Å². The number of allylic oxidation sites excluding steroid dienone is 1. The Hall–Kier alpha value is -2.22. The lowest BCUT2D eigenvalue weighted by atomic mass is 9.95. The molecular weight excluding hydrogens is 404 g/mol. The van der Waals surface area contributed by atoms with E-state index in [1.54, 1.807) is 26.0 Å². The van der Waals surface area contributed by atoms with Crippen LogP contribution in [0.5, 0.6) is 11.5 Å². The van der Waals surface area contributed by atoms with Crippen molar-refractivity contribution in [3.05, 3.63) is 33.4 Å². The van der Waals surface area contributed by atoms with Gasteiger partial charge in [-0.3, -0.25) is 0 Å². The zero-order valence-electron chi connectivity index (χ0n) is 15.2. The van der Waals surface area contributed by atoms with Crippen LogP contribution in [-0.4, -0.2) is 30.3 Å². The van der Waals surface area contributed by atoms with Gasteiger partial charge in [0.15, 0.2) is 11.5 Å². The highest BCUT2D eigenvalue weighted by Crippen LogP contribution is 2.39. The van der Waals surface area contributed by atoms with Crippen molar-refractivity contribution in [1.29, 1.82) is 0 Å². The molecule has 0 radical (unpaired) electrons. The van der Waals surface area contributed by atoms with Crippen LogP contribution in [0.1, 0.15) is 39.3 Å². The van der Waals surface area contributed by atoms with Crippen molar-refractivity contribution >= 4 is 27.9 Å². The first-order valence-corrected chi connectivity index (χ1v) is 9.14. The molecule has 8 heteroatoms. The Morgan fingerprint density at radius 3 is 2.69 bits per heavy atom. The van der Waals surface area contributed by atoms with E-state index in [-0.39, 0.29) is 24.0 Å². The maximum atomic E-state index is 12.6. The van der Waals surface area contributed by atoms with E-state index in [0.717, 1.165) is 0 Å². The molecule has 142 valence electrons. The fraction of sp³-hybridized carbons (Fsp3) is 0.444. The predicted molar refractivity (Wildman–Crippen MR) is 99.9 cm³/mol. The average molecular weight is 427 g/mol. The highest BCUT2D eigenvalue weighted by atomic mass is 79.9. The molecule has 1 heterocycles. The van der Waals surface area contributed by atoms with Crippen molar-refractivity contribution in [2.24, 2.45) is 5.92 Å². The van der Waals surface area contributed by atoms with E-state index >= 15 is 0 Å². The van der Waals surface area contributed by atoms with E-state index in [1.165, 1.54) is 0 Å². The number of nitrogens with one attached hydrogen (secondary N) is 2. The summed E-state index contributed by atoms with van der Waals surface area (Å²) in [6.07, 6.45) is 0. The maximum Gasteiger partial charge on any atom is 0.338 e. The summed E-state index contributed by atoms with van der Waals surface area (Å²) >= 11 is 3.28. The minimum absolute atomic E-state index is 0.0412. The van der Waals surface area contributed by atoms with E-state index in [2.05, 4.69) is 26.6 Å². The zero-order valence-corrected chi connectivity index (χ0v) is 16.8. The Labute approximate surface area is 160 Å². The predicted octanol–water partition coefficient (Wildman–Crippen LogP) is 3.38. The summed E-state index contributed by atoms with van der Waals surface area (Å²) < 4.78 is 11.2. The first kappa shape index (κ1) is 20.1. The molecule has 1 aliphatic heterocycles. The molecule has 2 rings (SSSR count). The Kier molecular flexibility index (Phi) is 6.52. The SMILES string of the molecule is CCOc1cc(C2NC(=O)NC(C)=C2C(=O)OCC(C)C)cc(Br)c1O. The molecule has 1 aliphatic rings. The summed E-state index contributed by atoms with van der Waals surface area (Å²) in [5.74, 6) is -0.0922. The van der Waals surface area contributed by atoms with E-state index in [1.807, 2.05) is 13.8 Å². The van der Waals surface area contributed by atoms with Crippen LogP contribution in [0, 0.1) is 5.92 Å². The van der Waals surface area contributed by atoms with E-state index in [4.69, 9.17) is 9.47 Å². The van der Waals surface area contributed by atoms with Gasteiger partial charge in [-0.2, -0.15) is 0 Å². The standard InChI is InChI=1S/C18H23BrN2O5/c1-5-25-13-7-11(6-12(19)16(13)22)15-14(10(4)20-18(24)21-15)17(23)26-8-9(2)3/h6-7,9,15,22H,5,8H2,1-4H3,(H2,20,21,24). The van der Waals surface area contributed by atoms with Gasteiger partial charge in [-0.25, -0.2) is 9.59 Å². The number of hydrogen-bond acceptors (Lipinski definition) is 5. The summed E-state index contributed by atoms with van der Waals surface area (Å²) in [5, 5.41) is 15.4. The number of aromatic hydroxyl groups is 1. The number of halogens is 1. The smallest absolute Gasteiger partial charge is 0.338 e. The molecule has 0 saturated heterocycles. The summed E-state index contributed by atoms with van der Waals surface area (Å²) in [5.41, 5.74) is 1.32. The van der Waals surface area contributed by atoms with Gasteiger partial charge in [0.25, 0.3) is 0 Å². The van der Waals surface area contributed by atoms with Gasteiger partial charge < -0.3 is 25.2 Å². The summed E-state index contributed by atoms with van der Waals surface area (Å²) in [6, 6.07) is 2.09. The van der Waals surface area contributed by atoms with Crippen LogP contribution in [-0.2, 0) is 9.53 Å². The van der Waals surface area contributed by atoms with Gasteiger partial charge in [0.1, 0.15) is 0 Å². The second-order valence-electron chi connectivity index (χ2n) is 6.34. The van der Waals surface area contributed by atoms with Gasteiger partial charge in [-0.1, -0.05) is 13.8 Å². The van der Waals surface area contributed by atoms with Crippen LogP contribution in [0.4, 0.5) is 4.79 Å². The summed E-state index contributed by atoms with van der Waals surface area (Å²) in [6.45, 7) is 7.97.